The van der Waals surface area contributed by atoms with Gasteiger partial charge in [0.25, 0.3) is 0 Å². The summed E-state index contributed by atoms with van der Waals surface area (Å²) < 4.78 is 0. The van der Waals surface area contributed by atoms with Crippen molar-refractivity contribution < 1.29 is 0 Å². The number of H-pyrrole nitrogens is 1. The van der Waals surface area contributed by atoms with Crippen molar-refractivity contribution >= 4 is 53.4 Å². The summed E-state index contributed by atoms with van der Waals surface area (Å²) >= 11 is 1.68. The third-order valence-corrected chi connectivity index (χ3v) is 3.34. The second-order valence-corrected chi connectivity index (χ2v) is 4.57. The van der Waals surface area contributed by atoms with Gasteiger partial charge in [-0.25, -0.2) is 4.98 Å². The Morgan fingerprint density at radius 1 is 1.22 bits per heavy atom. The number of hydrogen-bond donors (Lipinski definition) is 2. The summed E-state index contributed by atoms with van der Waals surface area (Å²) in [6, 6.07) is 8.07. The lowest BCUT2D eigenvalue weighted by Gasteiger charge is -1.98. The van der Waals surface area contributed by atoms with Crippen molar-refractivity contribution in [3.8, 4) is 0 Å². The molecule has 0 saturated heterocycles. The van der Waals surface area contributed by atoms with Crippen molar-refractivity contribution in [1.82, 2.24) is 15.3 Å². The minimum Gasteiger partial charge on any atom is -0.371 e. The molecule has 7 heteroatoms. The van der Waals surface area contributed by atoms with Gasteiger partial charge in [0, 0.05) is 6.54 Å². The van der Waals surface area contributed by atoms with Gasteiger partial charge in [0.05, 0.1) is 23.3 Å². The standard InChI is InChI=1S/C11H12N4S.2ClH/c1-2-4-9-8(3-1)14-11(15-9)16-7-10-12-5-6-13-10;;/h1-4H,5-7H2,(H,12,13)(H,14,15);2*1H. The van der Waals surface area contributed by atoms with Crippen LogP contribution in [0.15, 0.2) is 34.4 Å². The molecule has 1 aliphatic heterocycles. The van der Waals surface area contributed by atoms with Crippen molar-refractivity contribution in [3.05, 3.63) is 24.3 Å². The van der Waals surface area contributed by atoms with E-state index in [9.17, 15) is 0 Å². The Balaban J connectivity index is 0.000000810. The van der Waals surface area contributed by atoms with Crippen LogP contribution < -0.4 is 5.32 Å². The summed E-state index contributed by atoms with van der Waals surface area (Å²) in [5, 5.41) is 4.20. The van der Waals surface area contributed by atoms with Crippen molar-refractivity contribution in [3.63, 3.8) is 0 Å². The van der Waals surface area contributed by atoms with Gasteiger partial charge in [0.15, 0.2) is 5.16 Å². The normalized spacial score (nSPS) is 13.4. The second-order valence-electron chi connectivity index (χ2n) is 3.60. The summed E-state index contributed by atoms with van der Waals surface area (Å²) in [7, 11) is 0. The zero-order valence-corrected chi connectivity index (χ0v) is 12.0. The zero-order chi connectivity index (χ0) is 10.8. The number of halogens is 2. The highest BCUT2D eigenvalue weighted by molar-refractivity contribution is 7.99. The maximum Gasteiger partial charge on any atom is 0.166 e. The highest BCUT2D eigenvalue weighted by atomic mass is 35.5. The molecule has 2 heterocycles. The van der Waals surface area contributed by atoms with Gasteiger partial charge >= 0.3 is 0 Å². The molecule has 1 aromatic carbocycles. The number of aliphatic imine (C=N–C) groups is 1. The van der Waals surface area contributed by atoms with E-state index in [1.165, 1.54) is 0 Å². The molecule has 1 aliphatic rings. The third kappa shape index (κ3) is 3.31. The van der Waals surface area contributed by atoms with Crippen molar-refractivity contribution in [1.29, 1.82) is 0 Å². The van der Waals surface area contributed by atoms with Crippen LogP contribution in [0.2, 0.25) is 0 Å². The van der Waals surface area contributed by atoms with Gasteiger partial charge in [0.2, 0.25) is 0 Å². The number of fused-ring (bicyclic) bond motifs is 1. The number of aromatic amines is 1. The molecule has 0 amide bonds. The summed E-state index contributed by atoms with van der Waals surface area (Å²) in [6.07, 6.45) is 0. The number of aromatic nitrogens is 2. The first-order valence-electron chi connectivity index (χ1n) is 5.26. The minimum absolute atomic E-state index is 0. The number of nitrogens with one attached hydrogen (secondary N) is 2. The molecule has 0 saturated carbocycles. The fourth-order valence-electron chi connectivity index (χ4n) is 1.68. The van der Waals surface area contributed by atoms with Crippen molar-refractivity contribution in [2.75, 3.05) is 18.8 Å². The summed E-state index contributed by atoms with van der Waals surface area (Å²) in [5.41, 5.74) is 2.11. The van der Waals surface area contributed by atoms with Crippen LogP contribution in [0, 0.1) is 0 Å². The minimum atomic E-state index is 0. The number of amidine groups is 1. The number of para-hydroxylation sites is 2. The maximum absolute atomic E-state index is 4.50. The Labute approximate surface area is 122 Å². The van der Waals surface area contributed by atoms with Gasteiger partial charge in [-0.2, -0.15) is 0 Å². The zero-order valence-electron chi connectivity index (χ0n) is 9.55. The number of benzene rings is 1. The molecular formula is C11H14Cl2N4S. The fraction of sp³-hybridized carbons (Fsp3) is 0.273. The van der Waals surface area contributed by atoms with Crippen LogP contribution in [0.1, 0.15) is 0 Å². The Bertz CT molecular complexity index is 508. The SMILES string of the molecule is Cl.Cl.c1ccc2[nH]c(SCC3=NCCN3)nc2c1. The van der Waals surface area contributed by atoms with Crippen molar-refractivity contribution in [2.24, 2.45) is 4.99 Å². The predicted octanol–water partition coefficient (Wildman–Crippen LogP) is 2.50. The number of thioether (sulfide) groups is 1. The van der Waals surface area contributed by atoms with Crippen LogP contribution in [-0.2, 0) is 0 Å². The van der Waals surface area contributed by atoms with Gasteiger partial charge in [0.1, 0.15) is 5.84 Å². The van der Waals surface area contributed by atoms with E-state index in [2.05, 4.69) is 20.3 Å². The first-order chi connectivity index (χ1) is 7.92. The van der Waals surface area contributed by atoms with Gasteiger partial charge in [-0.05, 0) is 12.1 Å². The summed E-state index contributed by atoms with van der Waals surface area (Å²) in [6.45, 7) is 1.87. The highest BCUT2D eigenvalue weighted by Crippen LogP contribution is 2.19. The van der Waals surface area contributed by atoms with Crippen LogP contribution in [0.4, 0.5) is 0 Å². The Kier molecular flexibility index (Phi) is 5.78. The number of rotatable bonds is 3. The summed E-state index contributed by atoms with van der Waals surface area (Å²) in [5.74, 6) is 1.94. The van der Waals surface area contributed by atoms with E-state index in [-0.39, 0.29) is 24.8 Å². The lowest BCUT2D eigenvalue weighted by molar-refractivity contribution is 0.959. The van der Waals surface area contributed by atoms with Gasteiger partial charge in [-0.15, -0.1) is 24.8 Å². The maximum atomic E-state index is 4.50. The first-order valence-corrected chi connectivity index (χ1v) is 6.25. The Morgan fingerprint density at radius 3 is 2.78 bits per heavy atom. The Morgan fingerprint density at radius 2 is 2.06 bits per heavy atom. The lowest BCUT2D eigenvalue weighted by Crippen LogP contribution is -2.20. The monoisotopic (exact) mass is 304 g/mol. The molecule has 0 aliphatic carbocycles. The van der Waals surface area contributed by atoms with Crippen molar-refractivity contribution in [2.45, 2.75) is 5.16 Å². The van der Waals surface area contributed by atoms with E-state index >= 15 is 0 Å². The number of imidazole rings is 1. The fourth-order valence-corrected chi connectivity index (χ4v) is 2.49. The first kappa shape index (κ1) is 15.1. The van der Waals surface area contributed by atoms with Crippen LogP contribution in [0.5, 0.6) is 0 Å². The topological polar surface area (TPSA) is 53.1 Å². The van der Waals surface area contributed by atoms with Crippen LogP contribution >= 0.6 is 36.6 Å². The summed E-state index contributed by atoms with van der Waals surface area (Å²) in [4.78, 5) is 12.1. The van der Waals surface area contributed by atoms with E-state index < -0.39 is 0 Å². The van der Waals surface area contributed by atoms with Crippen LogP contribution in [0.3, 0.4) is 0 Å². The number of nitrogens with zero attached hydrogens (tertiary/aromatic N) is 2. The molecule has 3 rings (SSSR count). The van der Waals surface area contributed by atoms with Gasteiger partial charge in [-0.3, -0.25) is 4.99 Å². The van der Waals surface area contributed by atoms with E-state index in [1.54, 1.807) is 11.8 Å². The molecule has 0 bridgehead atoms. The molecule has 2 N–H and O–H groups in total. The van der Waals surface area contributed by atoms with Crippen LogP contribution in [-0.4, -0.2) is 34.6 Å². The molecule has 0 radical (unpaired) electrons. The van der Waals surface area contributed by atoms with E-state index in [1.807, 2.05) is 24.3 Å². The largest absolute Gasteiger partial charge is 0.371 e. The molecule has 0 fully saturated rings. The molecule has 18 heavy (non-hydrogen) atoms. The van der Waals surface area contributed by atoms with Gasteiger partial charge < -0.3 is 10.3 Å². The molecular weight excluding hydrogens is 291 g/mol. The molecule has 98 valence electrons. The average molecular weight is 305 g/mol. The van der Waals surface area contributed by atoms with Crippen LogP contribution in [0.25, 0.3) is 11.0 Å². The van der Waals surface area contributed by atoms with Gasteiger partial charge in [-0.1, -0.05) is 23.9 Å². The lowest BCUT2D eigenvalue weighted by atomic mass is 10.3. The van der Waals surface area contributed by atoms with E-state index in [0.717, 1.165) is 40.9 Å². The molecule has 0 unspecified atom stereocenters. The molecule has 1 aromatic heterocycles. The highest BCUT2D eigenvalue weighted by Gasteiger charge is 2.07. The predicted molar refractivity (Wildman–Crippen MR) is 81.6 cm³/mol. The smallest absolute Gasteiger partial charge is 0.166 e. The molecule has 0 atom stereocenters. The average Bonchev–Trinajstić information content (AvgIpc) is 2.95. The van der Waals surface area contributed by atoms with E-state index in [4.69, 9.17) is 0 Å². The quantitative estimate of drug-likeness (QED) is 0.857. The number of hydrogen-bond acceptors (Lipinski definition) is 4. The molecule has 0 spiro atoms. The molecule has 2 aromatic rings. The Hall–Kier alpha value is -0.910. The second kappa shape index (κ2) is 6.87. The van der Waals surface area contributed by atoms with E-state index in [0.29, 0.717) is 0 Å². The molecule has 4 nitrogen and oxygen atoms in total. The third-order valence-electron chi connectivity index (χ3n) is 2.46.